The first-order chi connectivity index (χ1) is 11.3. The number of ether oxygens (including phenoxy) is 1. The summed E-state index contributed by atoms with van der Waals surface area (Å²) in [5.74, 6) is 1.90. The van der Waals surface area contributed by atoms with Crippen molar-refractivity contribution >= 4 is 0 Å². The van der Waals surface area contributed by atoms with Crippen LogP contribution < -0.4 is 4.74 Å². The van der Waals surface area contributed by atoms with Gasteiger partial charge < -0.3 is 9.64 Å². The molecule has 1 aliphatic rings. The van der Waals surface area contributed by atoms with E-state index in [4.69, 9.17) is 4.74 Å². The number of hydrogen-bond acceptors (Lipinski definition) is 2. The van der Waals surface area contributed by atoms with Gasteiger partial charge in [-0.05, 0) is 54.9 Å². The summed E-state index contributed by atoms with van der Waals surface area (Å²) in [6.07, 6.45) is 5.08. The predicted molar refractivity (Wildman–Crippen MR) is 96.0 cm³/mol. The van der Waals surface area contributed by atoms with Crippen LogP contribution in [-0.2, 0) is 12.8 Å². The summed E-state index contributed by atoms with van der Waals surface area (Å²) in [5.41, 5.74) is 2.81. The fourth-order valence-corrected chi connectivity index (χ4v) is 3.01. The van der Waals surface area contributed by atoms with Gasteiger partial charge in [-0.1, -0.05) is 42.5 Å². The molecule has 0 N–H and O–H groups in total. The van der Waals surface area contributed by atoms with E-state index in [1.54, 1.807) is 7.11 Å². The Labute approximate surface area is 140 Å². The molecule has 2 heteroatoms. The molecule has 0 heterocycles. The first-order valence-corrected chi connectivity index (χ1v) is 8.72. The fraction of sp³-hybridized carbons (Fsp3) is 0.429. The van der Waals surface area contributed by atoms with Gasteiger partial charge in [-0.25, -0.2) is 0 Å². The Morgan fingerprint density at radius 2 is 1.61 bits per heavy atom. The zero-order chi connectivity index (χ0) is 15.9. The van der Waals surface area contributed by atoms with E-state index < -0.39 is 0 Å². The van der Waals surface area contributed by atoms with Crippen LogP contribution in [0.15, 0.2) is 54.6 Å². The Balaban J connectivity index is 1.53. The van der Waals surface area contributed by atoms with Crippen molar-refractivity contribution in [3.63, 3.8) is 0 Å². The number of benzene rings is 2. The van der Waals surface area contributed by atoms with Crippen molar-refractivity contribution in [2.75, 3.05) is 26.7 Å². The Bertz CT molecular complexity index is 592. The molecule has 2 aromatic rings. The third kappa shape index (κ3) is 5.40. The van der Waals surface area contributed by atoms with Gasteiger partial charge in [0.25, 0.3) is 0 Å². The van der Waals surface area contributed by atoms with Crippen molar-refractivity contribution < 1.29 is 4.74 Å². The molecule has 23 heavy (non-hydrogen) atoms. The maximum absolute atomic E-state index is 5.33. The summed E-state index contributed by atoms with van der Waals surface area (Å²) in [7, 11) is 1.73. The van der Waals surface area contributed by atoms with Crippen molar-refractivity contribution in [1.82, 2.24) is 4.90 Å². The third-order valence-corrected chi connectivity index (χ3v) is 4.62. The second kappa shape index (κ2) is 8.16. The summed E-state index contributed by atoms with van der Waals surface area (Å²) in [4.78, 5) is 2.64. The van der Waals surface area contributed by atoms with Crippen LogP contribution in [0.5, 0.6) is 5.75 Å². The number of hydrogen-bond donors (Lipinski definition) is 0. The molecular formula is C21H27NO. The van der Waals surface area contributed by atoms with Gasteiger partial charge in [-0.2, -0.15) is 0 Å². The average Bonchev–Trinajstić information content (AvgIpc) is 3.42. The van der Waals surface area contributed by atoms with E-state index >= 15 is 0 Å². The van der Waals surface area contributed by atoms with Crippen molar-refractivity contribution in [1.29, 1.82) is 0 Å². The number of nitrogens with zero attached hydrogens (tertiary/aromatic N) is 1. The molecule has 0 aromatic heterocycles. The average molecular weight is 309 g/mol. The van der Waals surface area contributed by atoms with E-state index in [1.807, 2.05) is 6.07 Å². The molecule has 0 amide bonds. The Hall–Kier alpha value is -1.80. The van der Waals surface area contributed by atoms with E-state index in [1.165, 1.54) is 30.5 Å². The van der Waals surface area contributed by atoms with Gasteiger partial charge in [0.15, 0.2) is 0 Å². The van der Waals surface area contributed by atoms with E-state index in [0.29, 0.717) is 0 Å². The van der Waals surface area contributed by atoms with Gasteiger partial charge in [0, 0.05) is 19.6 Å². The topological polar surface area (TPSA) is 12.5 Å². The lowest BCUT2D eigenvalue weighted by Crippen LogP contribution is -2.30. The van der Waals surface area contributed by atoms with Crippen LogP contribution in [0.2, 0.25) is 0 Å². The molecule has 2 nitrogen and oxygen atoms in total. The maximum Gasteiger partial charge on any atom is 0.119 e. The van der Waals surface area contributed by atoms with Gasteiger partial charge >= 0.3 is 0 Å². The van der Waals surface area contributed by atoms with Gasteiger partial charge in [0.1, 0.15) is 5.75 Å². The van der Waals surface area contributed by atoms with Gasteiger partial charge in [0.05, 0.1) is 7.11 Å². The molecule has 122 valence electrons. The first-order valence-electron chi connectivity index (χ1n) is 8.72. The smallest absolute Gasteiger partial charge is 0.119 e. The molecule has 0 radical (unpaired) electrons. The minimum absolute atomic E-state index is 0.941. The summed E-state index contributed by atoms with van der Waals surface area (Å²) < 4.78 is 5.33. The van der Waals surface area contributed by atoms with Crippen LogP contribution in [0.1, 0.15) is 24.0 Å². The van der Waals surface area contributed by atoms with Crippen LogP contribution in [0.4, 0.5) is 0 Å². The molecule has 0 bridgehead atoms. The molecular weight excluding hydrogens is 282 g/mol. The zero-order valence-electron chi connectivity index (χ0n) is 14.1. The highest BCUT2D eigenvalue weighted by atomic mass is 16.5. The second-order valence-corrected chi connectivity index (χ2v) is 6.58. The normalized spacial score (nSPS) is 14.2. The molecule has 0 aliphatic heterocycles. The third-order valence-electron chi connectivity index (χ3n) is 4.62. The molecule has 0 atom stereocenters. The van der Waals surface area contributed by atoms with E-state index in [2.05, 4.69) is 53.4 Å². The molecule has 1 saturated carbocycles. The SMILES string of the molecule is COc1cccc(CCN(CCc2ccccc2)CC2CC2)c1. The Morgan fingerprint density at radius 1 is 0.913 bits per heavy atom. The highest BCUT2D eigenvalue weighted by molar-refractivity contribution is 5.28. The highest BCUT2D eigenvalue weighted by Gasteiger charge is 2.23. The summed E-state index contributed by atoms with van der Waals surface area (Å²) in [6.45, 7) is 3.55. The fourth-order valence-electron chi connectivity index (χ4n) is 3.01. The van der Waals surface area contributed by atoms with Crippen LogP contribution >= 0.6 is 0 Å². The molecule has 0 spiro atoms. The molecule has 1 aliphatic carbocycles. The molecule has 1 fully saturated rings. The van der Waals surface area contributed by atoms with Crippen LogP contribution in [-0.4, -0.2) is 31.6 Å². The first kappa shape index (κ1) is 16.1. The van der Waals surface area contributed by atoms with Crippen LogP contribution in [0, 0.1) is 5.92 Å². The van der Waals surface area contributed by atoms with Crippen molar-refractivity contribution in [3.8, 4) is 5.75 Å². The van der Waals surface area contributed by atoms with Gasteiger partial charge in [-0.15, -0.1) is 0 Å². The van der Waals surface area contributed by atoms with Gasteiger partial charge in [-0.3, -0.25) is 0 Å². The van der Waals surface area contributed by atoms with E-state index in [0.717, 1.165) is 37.6 Å². The quantitative estimate of drug-likeness (QED) is 0.688. The Morgan fingerprint density at radius 3 is 2.30 bits per heavy atom. The maximum atomic E-state index is 5.33. The highest BCUT2D eigenvalue weighted by Crippen LogP contribution is 2.29. The van der Waals surface area contributed by atoms with Crippen molar-refractivity contribution in [3.05, 3.63) is 65.7 Å². The lowest BCUT2D eigenvalue weighted by Gasteiger charge is -2.22. The largest absolute Gasteiger partial charge is 0.497 e. The molecule has 3 rings (SSSR count). The summed E-state index contributed by atoms with van der Waals surface area (Å²) in [6, 6.07) is 19.3. The number of methoxy groups -OCH3 is 1. The molecule has 2 aromatic carbocycles. The summed E-state index contributed by atoms with van der Waals surface area (Å²) >= 11 is 0. The van der Waals surface area contributed by atoms with Crippen LogP contribution in [0.3, 0.4) is 0 Å². The van der Waals surface area contributed by atoms with Crippen molar-refractivity contribution in [2.24, 2.45) is 5.92 Å². The standard InChI is InChI=1S/C21H27NO/c1-23-21-9-5-8-19(16-21)13-15-22(17-20-10-11-20)14-12-18-6-3-2-4-7-18/h2-9,16,20H,10-15,17H2,1H3. The zero-order valence-corrected chi connectivity index (χ0v) is 14.1. The van der Waals surface area contributed by atoms with Crippen LogP contribution in [0.25, 0.3) is 0 Å². The molecule has 0 saturated heterocycles. The van der Waals surface area contributed by atoms with Crippen molar-refractivity contribution in [2.45, 2.75) is 25.7 Å². The lowest BCUT2D eigenvalue weighted by atomic mass is 10.1. The van der Waals surface area contributed by atoms with E-state index in [-0.39, 0.29) is 0 Å². The van der Waals surface area contributed by atoms with E-state index in [9.17, 15) is 0 Å². The second-order valence-electron chi connectivity index (χ2n) is 6.58. The minimum atomic E-state index is 0.941. The predicted octanol–water partition coefficient (Wildman–Crippen LogP) is 4.19. The number of rotatable bonds is 9. The monoisotopic (exact) mass is 309 g/mol. The molecule has 0 unspecified atom stereocenters. The van der Waals surface area contributed by atoms with Gasteiger partial charge in [0.2, 0.25) is 0 Å². The minimum Gasteiger partial charge on any atom is -0.497 e. The summed E-state index contributed by atoms with van der Waals surface area (Å²) in [5, 5.41) is 0. The lowest BCUT2D eigenvalue weighted by molar-refractivity contribution is 0.269. The Kier molecular flexibility index (Phi) is 5.71.